The molecule has 0 N–H and O–H groups in total. The highest BCUT2D eigenvalue weighted by Crippen LogP contribution is 2.19. The van der Waals surface area contributed by atoms with E-state index in [2.05, 4.69) is 0 Å². The third-order valence-electron chi connectivity index (χ3n) is 1.39. The molecule has 0 fully saturated rings. The standard InChI is InChI=1S/C9H5ClF2O/c10-6-4-8(11)7(2-1-3-13)9(12)5-6/h1-5H/b2-1+. The molecular formula is C9H5ClF2O. The van der Waals surface area contributed by atoms with Gasteiger partial charge in [0.2, 0.25) is 0 Å². The van der Waals surface area contributed by atoms with E-state index in [0.717, 1.165) is 24.3 Å². The van der Waals surface area contributed by atoms with Crippen LogP contribution in [-0.2, 0) is 4.79 Å². The van der Waals surface area contributed by atoms with Crippen LogP contribution < -0.4 is 0 Å². The van der Waals surface area contributed by atoms with Crippen molar-refractivity contribution in [3.63, 3.8) is 0 Å². The Balaban J connectivity index is 3.20. The van der Waals surface area contributed by atoms with Crippen molar-refractivity contribution >= 4 is 24.0 Å². The van der Waals surface area contributed by atoms with Gasteiger partial charge in [-0.3, -0.25) is 4.79 Å². The molecule has 13 heavy (non-hydrogen) atoms. The topological polar surface area (TPSA) is 17.1 Å². The third-order valence-corrected chi connectivity index (χ3v) is 1.60. The fourth-order valence-electron chi connectivity index (χ4n) is 0.848. The second-order valence-electron chi connectivity index (χ2n) is 2.28. The average molecular weight is 203 g/mol. The Morgan fingerprint density at radius 3 is 2.23 bits per heavy atom. The van der Waals surface area contributed by atoms with Gasteiger partial charge in [-0.2, -0.15) is 0 Å². The highest BCUT2D eigenvalue weighted by molar-refractivity contribution is 6.30. The van der Waals surface area contributed by atoms with Crippen LogP contribution in [0.25, 0.3) is 6.08 Å². The molecule has 0 bridgehead atoms. The predicted molar refractivity (Wildman–Crippen MR) is 46.5 cm³/mol. The molecule has 68 valence electrons. The summed E-state index contributed by atoms with van der Waals surface area (Å²) in [7, 11) is 0. The molecule has 0 radical (unpaired) electrons. The number of rotatable bonds is 2. The first kappa shape index (κ1) is 9.86. The molecule has 1 aromatic carbocycles. The minimum atomic E-state index is -0.789. The highest BCUT2D eigenvalue weighted by atomic mass is 35.5. The summed E-state index contributed by atoms with van der Waals surface area (Å²) in [5.41, 5.74) is -0.267. The van der Waals surface area contributed by atoms with Crippen molar-refractivity contribution in [1.82, 2.24) is 0 Å². The van der Waals surface area contributed by atoms with Gasteiger partial charge in [-0.05, 0) is 24.3 Å². The normalized spacial score (nSPS) is 10.7. The summed E-state index contributed by atoms with van der Waals surface area (Å²) < 4.78 is 25.9. The molecule has 1 nitrogen and oxygen atoms in total. The number of carbonyl (C=O) groups is 1. The predicted octanol–water partition coefficient (Wildman–Crippen LogP) is 2.83. The number of carbonyl (C=O) groups excluding carboxylic acids is 1. The molecule has 0 atom stereocenters. The third kappa shape index (κ3) is 2.36. The summed E-state index contributed by atoms with van der Waals surface area (Å²) in [5, 5.41) is -0.0155. The maximum Gasteiger partial charge on any atom is 0.142 e. The van der Waals surface area contributed by atoms with Crippen molar-refractivity contribution in [2.75, 3.05) is 0 Å². The number of aldehydes is 1. The van der Waals surface area contributed by atoms with Gasteiger partial charge in [0.1, 0.15) is 17.9 Å². The van der Waals surface area contributed by atoms with Gasteiger partial charge >= 0.3 is 0 Å². The Bertz CT molecular complexity index is 338. The maximum absolute atomic E-state index is 12.9. The summed E-state index contributed by atoms with van der Waals surface area (Å²) in [5.74, 6) is -1.58. The fraction of sp³-hybridized carbons (Fsp3) is 0. The maximum atomic E-state index is 12.9. The van der Waals surface area contributed by atoms with Crippen LogP contribution in [0, 0.1) is 11.6 Å². The molecule has 0 aliphatic heterocycles. The van der Waals surface area contributed by atoms with Crippen molar-refractivity contribution in [2.45, 2.75) is 0 Å². The van der Waals surface area contributed by atoms with E-state index in [1.165, 1.54) is 0 Å². The number of allylic oxidation sites excluding steroid dienone is 1. The Morgan fingerprint density at radius 2 is 1.77 bits per heavy atom. The van der Waals surface area contributed by atoms with Crippen molar-refractivity contribution in [3.8, 4) is 0 Å². The molecule has 1 rings (SSSR count). The lowest BCUT2D eigenvalue weighted by molar-refractivity contribution is -0.104. The van der Waals surface area contributed by atoms with Gasteiger partial charge in [0.15, 0.2) is 0 Å². The quantitative estimate of drug-likeness (QED) is 0.532. The molecule has 0 spiro atoms. The van der Waals surface area contributed by atoms with E-state index in [1.807, 2.05) is 0 Å². The number of hydrogen-bond donors (Lipinski definition) is 0. The van der Waals surface area contributed by atoms with E-state index in [-0.39, 0.29) is 10.6 Å². The van der Waals surface area contributed by atoms with E-state index < -0.39 is 11.6 Å². The van der Waals surface area contributed by atoms with E-state index in [0.29, 0.717) is 6.29 Å². The van der Waals surface area contributed by atoms with Crippen LogP contribution in [0.2, 0.25) is 5.02 Å². The summed E-state index contributed by atoms with van der Waals surface area (Å²) >= 11 is 5.38. The van der Waals surface area contributed by atoms with Gasteiger partial charge in [0, 0.05) is 10.6 Å². The Hall–Kier alpha value is -1.22. The van der Waals surface area contributed by atoms with Gasteiger partial charge in [-0.25, -0.2) is 8.78 Å². The number of halogens is 3. The largest absolute Gasteiger partial charge is 0.299 e. The second kappa shape index (κ2) is 4.14. The Labute approximate surface area is 78.6 Å². The zero-order valence-electron chi connectivity index (χ0n) is 6.43. The Kier molecular flexibility index (Phi) is 3.14. The smallest absolute Gasteiger partial charge is 0.142 e. The van der Waals surface area contributed by atoms with Crippen LogP contribution in [0.5, 0.6) is 0 Å². The van der Waals surface area contributed by atoms with Gasteiger partial charge in [-0.15, -0.1) is 0 Å². The lowest BCUT2D eigenvalue weighted by atomic mass is 10.2. The van der Waals surface area contributed by atoms with E-state index >= 15 is 0 Å². The number of hydrogen-bond acceptors (Lipinski definition) is 1. The van der Waals surface area contributed by atoms with Crippen LogP contribution in [0.1, 0.15) is 5.56 Å². The molecule has 0 unspecified atom stereocenters. The number of benzene rings is 1. The van der Waals surface area contributed by atoms with Crippen LogP contribution in [0.15, 0.2) is 18.2 Å². The zero-order valence-corrected chi connectivity index (χ0v) is 7.18. The van der Waals surface area contributed by atoms with Crippen molar-refractivity contribution in [1.29, 1.82) is 0 Å². The highest BCUT2D eigenvalue weighted by Gasteiger charge is 2.06. The molecule has 0 amide bonds. The fourth-order valence-corrected chi connectivity index (χ4v) is 1.04. The van der Waals surface area contributed by atoms with Crippen molar-refractivity contribution < 1.29 is 13.6 Å². The molecule has 1 aromatic rings. The van der Waals surface area contributed by atoms with Crippen LogP contribution in [-0.4, -0.2) is 6.29 Å². The SMILES string of the molecule is O=C/C=C/c1c(F)cc(Cl)cc1F. The van der Waals surface area contributed by atoms with Gasteiger partial charge < -0.3 is 0 Å². The molecule has 0 aliphatic rings. The van der Waals surface area contributed by atoms with Crippen LogP contribution in [0.3, 0.4) is 0 Å². The van der Waals surface area contributed by atoms with E-state index in [9.17, 15) is 13.6 Å². The molecule has 4 heteroatoms. The van der Waals surface area contributed by atoms with Crippen LogP contribution in [0.4, 0.5) is 8.78 Å². The molecular weight excluding hydrogens is 198 g/mol. The first-order chi connectivity index (χ1) is 6.15. The summed E-state index contributed by atoms with van der Waals surface area (Å²) in [6.45, 7) is 0. The average Bonchev–Trinajstić information content (AvgIpc) is 2.02. The molecule has 0 heterocycles. The second-order valence-corrected chi connectivity index (χ2v) is 2.71. The lowest BCUT2D eigenvalue weighted by Crippen LogP contribution is -1.88. The summed E-state index contributed by atoms with van der Waals surface area (Å²) in [4.78, 5) is 9.91. The summed E-state index contributed by atoms with van der Waals surface area (Å²) in [6, 6.07) is 1.96. The van der Waals surface area contributed by atoms with Gasteiger partial charge in [0.25, 0.3) is 0 Å². The van der Waals surface area contributed by atoms with E-state index in [1.54, 1.807) is 0 Å². The first-order valence-electron chi connectivity index (χ1n) is 3.41. The molecule has 0 aliphatic carbocycles. The molecule has 0 saturated carbocycles. The van der Waals surface area contributed by atoms with Crippen molar-refractivity contribution in [3.05, 3.63) is 40.4 Å². The summed E-state index contributed by atoms with van der Waals surface area (Å²) in [6.07, 6.45) is 2.50. The van der Waals surface area contributed by atoms with Crippen LogP contribution >= 0.6 is 11.6 Å². The lowest BCUT2D eigenvalue weighted by Gasteiger charge is -1.99. The molecule has 0 aromatic heterocycles. The minimum Gasteiger partial charge on any atom is -0.299 e. The molecule has 0 saturated heterocycles. The van der Waals surface area contributed by atoms with Crippen molar-refractivity contribution in [2.24, 2.45) is 0 Å². The van der Waals surface area contributed by atoms with Gasteiger partial charge in [0.05, 0.1) is 0 Å². The minimum absolute atomic E-state index is 0.0155. The first-order valence-corrected chi connectivity index (χ1v) is 3.79. The monoisotopic (exact) mass is 202 g/mol. The van der Waals surface area contributed by atoms with Gasteiger partial charge in [-0.1, -0.05) is 11.6 Å². The zero-order chi connectivity index (χ0) is 9.84. The Morgan fingerprint density at radius 1 is 1.23 bits per heavy atom. The van der Waals surface area contributed by atoms with E-state index in [4.69, 9.17) is 11.6 Å².